The van der Waals surface area contributed by atoms with Gasteiger partial charge in [0.05, 0.1) is 0 Å². The fourth-order valence-electron chi connectivity index (χ4n) is 14.1. The average Bonchev–Trinajstić information content (AvgIpc) is 1.95. The minimum absolute atomic E-state index is 0.0527. The van der Waals surface area contributed by atoms with Gasteiger partial charge < -0.3 is 49.6 Å². The first-order valence-corrected chi connectivity index (χ1v) is 36.7. The Balaban J connectivity index is 0.000000182. The van der Waals surface area contributed by atoms with Gasteiger partial charge in [-0.1, -0.05) is 125 Å². The molecule has 526 valence electrons. The number of fused-ring (bicyclic) bond motifs is 1. The summed E-state index contributed by atoms with van der Waals surface area (Å²) in [4.78, 5) is 62.3. The van der Waals surface area contributed by atoms with E-state index in [1.807, 2.05) is 108 Å². The molecule has 0 unspecified atom stereocenters. The molecule has 7 aliphatic heterocycles. The van der Waals surface area contributed by atoms with Gasteiger partial charge in [0.25, 0.3) is 0 Å². The molecule has 2 aromatic heterocycles. The molecule has 9 heterocycles. The van der Waals surface area contributed by atoms with Crippen molar-refractivity contribution in [1.29, 1.82) is 0 Å². The van der Waals surface area contributed by atoms with Crippen LogP contribution in [-0.2, 0) is 16.0 Å². The summed E-state index contributed by atoms with van der Waals surface area (Å²) in [6, 6.07) is 38.5. The van der Waals surface area contributed by atoms with Crippen molar-refractivity contribution in [2.75, 3.05) is 156 Å². The predicted octanol–water partition coefficient (Wildman–Crippen LogP) is 13.5. The number of aromatic nitrogens is 2. The maximum Gasteiger partial charge on any atom is 0.326 e. The van der Waals surface area contributed by atoms with E-state index in [2.05, 4.69) is 165 Å². The van der Waals surface area contributed by atoms with Crippen LogP contribution in [0.15, 0.2) is 140 Å². The third kappa shape index (κ3) is 26.0. The number of aliphatic carboxylic acids is 1. The number of pyridine rings is 2. The summed E-state index contributed by atoms with van der Waals surface area (Å²) in [5, 5.41) is 15.0. The van der Waals surface area contributed by atoms with Crippen LogP contribution in [0.5, 0.6) is 0 Å². The lowest BCUT2D eigenvalue weighted by Crippen LogP contribution is -2.44. The maximum atomic E-state index is 12.6. The summed E-state index contributed by atoms with van der Waals surface area (Å²) in [6.45, 7) is 33.7. The van der Waals surface area contributed by atoms with Gasteiger partial charge >= 0.3 is 5.97 Å². The number of likely N-dealkylation sites (N-methyl/N-ethyl adjacent to an activating group) is 2. The van der Waals surface area contributed by atoms with Gasteiger partial charge in [-0.15, -0.1) is 0 Å². The van der Waals surface area contributed by atoms with Crippen molar-refractivity contribution in [3.05, 3.63) is 168 Å². The highest BCUT2D eigenvalue weighted by atomic mass is 16.4. The molecule has 4 aromatic carbocycles. The van der Waals surface area contributed by atoms with Crippen LogP contribution in [0.1, 0.15) is 137 Å². The number of carboxylic acids is 1. The molecule has 1 amide bonds. The molecule has 7 aliphatic rings. The van der Waals surface area contributed by atoms with E-state index < -0.39 is 12.0 Å². The van der Waals surface area contributed by atoms with E-state index in [1.165, 1.54) is 129 Å². The SMILES string of the molecule is CC.CC.CN1CCC(C(=O)c2ccccc2)CC1.CN1CCC(C2CCNCC2)CC1.CN1CCC(c2ccncc2)CC1.CN1CCN(c2ccncc2)CC1.C[C@H](Cc1ccc2ccccc2c1)C(=O)N1CCC[C@@H]1C(=O)O.Cc1ccc(N2CCN(C)CC2)c(C)c1. The fraction of sp³-hybridized carbons (Fsp3) is 0.568. The Kier molecular flexibility index (Phi) is 35.1. The number of piperidine rings is 4. The molecule has 0 spiro atoms. The lowest BCUT2D eigenvalue weighted by atomic mass is 9.79. The van der Waals surface area contributed by atoms with E-state index in [-0.39, 0.29) is 17.7 Å². The number of hydrogen-bond acceptors (Lipinski definition) is 13. The minimum atomic E-state index is -0.895. The summed E-state index contributed by atoms with van der Waals surface area (Å²) >= 11 is 0. The second-order valence-electron chi connectivity index (χ2n) is 27.3. The molecular formula is C81H123N11O4. The summed E-state index contributed by atoms with van der Waals surface area (Å²) in [6.07, 6.45) is 19.8. The topological polar surface area (TPSA) is 135 Å². The minimum Gasteiger partial charge on any atom is -0.480 e. The lowest BCUT2D eigenvalue weighted by Gasteiger charge is -2.36. The van der Waals surface area contributed by atoms with Crippen molar-refractivity contribution < 1.29 is 19.5 Å². The highest BCUT2D eigenvalue weighted by Gasteiger charge is 2.36. The Hall–Kier alpha value is -6.59. The number of hydrogen-bond donors (Lipinski definition) is 2. The van der Waals surface area contributed by atoms with Crippen LogP contribution in [0.25, 0.3) is 10.8 Å². The number of rotatable bonds is 10. The number of piperazine rings is 2. The Labute approximate surface area is 580 Å². The number of anilines is 2. The normalized spacial score (nSPS) is 19.8. The number of nitrogens with one attached hydrogen (secondary N) is 1. The van der Waals surface area contributed by atoms with Gasteiger partial charge in [-0.05, 0) is 248 Å². The third-order valence-electron chi connectivity index (χ3n) is 20.2. The second-order valence-corrected chi connectivity index (χ2v) is 27.3. The van der Waals surface area contributed by atoms with Crippen LogP contribution in [0, 0.1) is 37.5 Å². The third-order valence-corrected chi connectivity index (χ3v) is 20.2. The maximum absolute atomic E-state index is 12.6. The molecule has 7 saturated heterocycles. The fourth-order valence-corrected chi connectivity index (χ4v) is 14.1. The van der Waals surface area contributed by atoms with Crippen LogP contribution in [-0.4, -0.2) is 215 Å². The van der Waals surface area contributed by atoms with Crippen molar-refractivity contribution in [2.45, 2.75) is 131 Å². The summed E-state index contributed by atoms with van der Waals surface area (Å²) in [5.41, 5.74) is 8.90. The quantitative estimate of drug-likeness (QED) is 0.126. The molecule has 2 N–H and O–H groups in total. The van der Waals surface area contributed by atoms with Crippen molar-refractivity contribution in [2.24, 2.45) is 23.7 Å². The van der Waals surface area contributed by atoms with E-state index in [9.17, 15) is 19.5 Å². The number of nitrogens with zero attached hydrogens (tertiary/aromatic N) is 10. The molecule has 15 nitrogen and oxygen atoms in total. The molecule has 15 heteroatoms. The number of aryl methyl sites for hydroxylation is 2. The zero-order chi connectivity index (χ0) is 69.2. The summed E-state index contributed by atoms with van der Waals surface area (Å²) < 4.78 is 0. The van der Waals surface area contributed by atoms with Crippen molar-refractivity contribution in [3.63, 3.8) is 0 Å². The zero-order valence-corrected chi connectivity index (χ0v) is 61.2. The van der Waals surface area contributed by atoms with Gasteiger partial charge in [0, 0.05) is 112 Å². The highest BCUT2D eigenvalue weighted by Crippen LogP contribution is 2.31. The number of carbonyl (C=O) groups excluding carboxylic acids is 2. The molecule has 0 radical (unpaired) electrons. The van der Waals surface area contributed by atoms with E-state index in [0.717, 1.165) is 106 Å². The van der Waals surface area contributed by atoms with Gasteiger partial charge in [-0.2, -0.15) is 0 Å². The number of carboxylic acid groups (broad SMARTS) is 1. The lowest BCUT2D eigenvalue weighted by molar-refractivity contribution is -0.149. The number of Topliss-reactive ketones (excluding diaryl/α,β-unsaturated/α-hetero) is 1. The smallest absolute Gasteiger partial charge is 0.326 e. The van der Waals surface area contributed by atoms with Crippen molar-refractivity contribution in [3.8, 4) is 0 Å². The number of likely N-dealkylation sites (tertiary alicyclic amines) is 4. The number of benzene rings is 4. The first kappa shape index (κ1) is 78.4. The summed E-state index contributed by atoms with van der Waals surface area (Å²) in [7, 11) is 10.9. The molecule has 0 aliphatic carbocycles. The Bertz CT molecular complexity index is 3040. The first-order valence-electron chi connectivity index (χ1n) is 36.7. The largest absolute Gasteiger partial charge is 0.480 e. The van der Waals surface area contributed by atoms with Crippen LogP contribution >= 0.6 is 0 Å². The van der Waals surface area contributed by atoms with E-state index in [0.29, 0.717) is 25.2 Å². The predicted molar refractivity (Wildman–Crippen MR) is 402 cm³/mol. The number of ketones is 1. The van der Waals surface area contributed by atoms with Gasteiger partial charge in [0.1, 0.15) is 6.04 Å². The first-order chi connectivity index (χ1) is 46.6. The molecule has 13 rings (SSSR count). The molecule has 0 saturated carbocycles. The van der Waals surface area contributed by atoms with E-state index >= 15 is 0 Å². The van der Waals surface area contributed by atoms with Crippen LogP contribution in [0.3, 0.4) is 0 Å². The van der Waals surface area contributed by atoms with Crippen molar-refractivity contribution >= 4 is 39.8 Å². The number of carbonyl (C=O) groups is 3. The number of amides is 1. The molecule has 2 atom stereocenters. The van der Waals surface area contributed by atoms with E-state index in [4.69, 9.17) is 0 Å². The Morgan fingerprint density at radius 1 is 0.510 bits per heavy atom. The Morgan fingerprint density at radius 2 is 1.01 bits per heavy atom. The molecule has 6 aromatic rings. The molecular weight excluding hydrogens is 1190 g/mol. The van der Waals surface area contributed by atoms with Crippen LogP contribution in [0.2, 0.25) is 0 Å². The zero-order valence-electron chi connectivity index (χ0n) is 61.2. The summed E-state index contributed by atoms with van der Waals surface area (Å²) in [5.74, 6) is 2.24. The van der Waals surface area contributed by atoms with Crippen LogP contribution < -0.4 is 15.1 Å². The molecule has 96 heavy (non-hydrogen) atoms. The van der Waals surface area contributed by atoms with Gasteiger partial charge in [0.15, 0.2) is 5.78 Å². The molecule has 0 bridgehead atoms. The van der Waals surface area contributed by atoms with Crippen LogP contribution in [0.4, 0.5) is 11.4 Å². The van der Waals surface area contributed by atoms with Crippen molar-refractivity contribution in [1.82, 2.24) is 44.7 Å². The average molecular weight is 1310 g/mol. The van der Waals surface area contributed by atoms with Gasteiger partial charge in [-0.25, -0.2) is 4.79 Å². The molecule has 7 fully saturated rings. The van der Waals surface area contributed by atoms with Gasteiger partial charge in [0.2, 0.25) is 5.91 Å². The second kappa shape index (κ2) is 42.9. The standard InChI is InChI=1S/C19H21NO3.C13H20N2.C13H17NO.C11H22N2.C11H16N2.C10H15N3.2C2H6/c1-13(18(21)20-10-4-7-17(20)19(22)23)11-14-8-9-15-5-2-3-6-16(15)12-14;1-11-4-5-13(12(2)10-11)15-8-6-14(3)7-9-15;1-14-9-7-12(8-10-14)13(15)11-5-3-2-4-6-11;2*1-13-8-4-11(5-9-13)10-2-6-12-7-3-10;1-12-6-8-13(9-7-12)10-2-4-11-5-3-10;2*1-2/h2-3,5-6,8-9,12-13,17H,4,7,10-11H2,1H3,(H,22,23);4-5,10H,6-9H2,1-3H3;2-6,12H,7-10H2,1H3;10-12H,2-9H2,1H3;2-3,6-7,11H,4-5,8-9H2,1H3;2-5H,6-9H2,1H3;2*1-2H3/t13-,17-;;;;;;;/m1......./s1. The monoisotopic (exact) mass is 1310 g/mol. The highest BCUT2D eigenvalue weighted by molar-refractivity contribution is 5.97. The van der Waals surface area contributed by atoms with E-state index in [1.54, 1.807) is 0 Å². The van der Waals surface area contributed by atoms with Gasteiger partial charge in [-0.3, -0.25) is 19.6 Å². The Morgan fingerprint density at radius 3 is 1.57 bits per heavy atom.